The molecule has 2 N–H and O–H groups in total. The van der Waals surface area contributed by atoms with Crippen LogP contribution in [-0.4, -0.2) is 49.6 Å². The topological polar surface area (TPSA) is 87.7 Å². The number of anilines is 1. The maximum atomic E-state index is 12.5. The van der Waals surface area contributed by atoms with Crippen LogP contribution in [0.3, 0.4) is 0 Å². The number of benzene rings is 1. The van der Waals surface area contributed by atoms with Crippen LogP contribution in [0, 0.1) is 5.92 Å². The van der Waals surface area contributed by atoms with Crippen molar-refractivity contribution < 1.29 is 19.1 Å². The zero-order valence-corrected chi connectivity index (χ0v) is 15.4. The highest BCUT2D eigenvalue weighted by Gasteiger charge is 2.21. The number of ether oxygens (including phenoxy) is 1. The number of carbonyl (C=O) groups is 3. The molecule has 1 aromatic rings. The summed E-state index contributed by atoms with van der Waals surface area (Å²) in [5.74, 6) is -0.976. The third kappa shape index (κ3) is 7.89. The molecule has 0 saturated carbocycles. The van der Waals surface area contributed by atoms with E-state index in [4.69, 9.17) is 16.3 Å². The Kier molecular flexibility index (Phi) is 8.77. The predicted octanol–water partition coefficient (Wildman–Crippen LogP) is 2.51. The first-order valence-electron chi connectivity index (χ1n) is 7.97. The van der Waals surface area contributed by atoms with E-state index in [0.717, 1.165) is 0 Å². The Bertz CT molecular complexity index is 609. The minimum absolute atomic E-state index is 0.127. The number of amides is 3. The number of hydrogen-bond acceptors (Lipinski definition) is 4. The van der Waals surface area contributed by atoms with Gasteiger partial charge in [-0.2, -0.15) is 0 Å². The molecule has 25 heavy (non-hydrogen) atoms. The lowest BCUT2D eigenvalue weighted by Crippen LogP contribution is -2.41. The monoisotopic (exact) mass is 369 g/mol. The molecular weight excluding hydrogens is 346 g/mol. The van der Waals surface area contributed by atoms with E-state index in [1.165, 1.54) is 18.9 Å². The molecule has 138 valence electrons. The Balaban J connectivity index is 2.71. The minimum Gasteiger partial charge on any atom is -0.469 e. The molecule has 0 aliphatic rings. The average Bonchev–Trinajstić information content (AvgIpc) is 2.56. The molecule has 0 spiro atoms. The van der Waals surface area contributed by atoms with Crippen LogP contribution in [0.4, 0.5) is 10.5 Å². The summed E-state index contributed by atoms with van der Waals surface area (Å²) in [7, 11) is 1.31. The molecule has 7 nitrogen and oxygen atoms in total. The molecule has 3 amide bonds. The van der Waals surface area contributed by atoms with Gasteiger partial charge in [-0.1, -0.05) is 24.6 Å². The lowest BCUT2D eigenvalue weighted by Gasteiger charge is -2.25. The van der Waals surface area contributed by atoms with Crippen LogP contribution in [0.25, 0.3) is 0 Å². The van der Waals surface area contributed by atoms with Crippen LogP contribution in [0.5, 0.6) is 0 Å². The molecule has 8 heteroatoms. The number of hydrogen-bond donors (Lipinski definition) is 2. The summed E-state index contributed by atoms with van der Waals surface area (Å²) in [6, 6.07) is 6.46. The molecule has 0 aromatic heterocycles. The summed E-state index contributed by atoms with van der Waals surface area (Å²) in [6.45, 7) is 4.16. The van der Waals surface area contributed by atoms with Crippen molar-refractivity contribution in [1.82, 2.24) is 10.2 Å². The summed E-state index contributed by atoms with van der Waals surface area (Å²) in [5.41, 5.74) is 0.565. The Morgan fingerprint density at radius 2 is 2.04 bits per heavy atom. The second-order valence-corrected chi connectivity index (χ2v) is 6.08. The molecule has 0 fully saturated rings. The van der Waals surface area contributed by atoms with Crippen molar-refractivity contribution in [2.75, 3.05) is 32.1 Å². The van der Waals surface area contributed by atoms with Crippen molar-refractivity contribution in [3.8, 4) is 0 Å². The van der Waals surface area contributed by atoms with Crippen molar-refractivity contribution in [3.05, 3.63) is 29.3 Å². The molecule has 1 aromatic carbocycles. The second kappa shape index (κ2) is 10.6. The van der Waals surface area contributed by atoms with Crippen molar-refractivity contribution in [2.24, 2.45) is 5.92 Å². The molecule has 0 aliphatic carbocycles. The van der Waals surface area contributed by atoms with E-state index in [1.807, 2.05) is 0 Å². The molecule has 0 aliphatic heterocycles. The van der Waals surface area contributed by atoms with Crippen molar-refractivity contribution in [2.45, 2.75) is 20.3 Å². The number of urea groups is 1. The highest BCUT2D eigenvalue weighted by molar-refractivity contribution is 6.30. The third-order valence-corrected chi connectivity index (χ3v) is 3.67. The van der Waals surface area contributed by atoms with Gasteiger partial charge >= 0.3 is 12.0 Å². The molecule has 0 heterocycles. The van der Waals surface area contributed by atoms with E-state index < -0.39 is 5.92 Å². The first-order chi connectivity index (χ1) is 11.8. The molecule has 0 bridgehead atoms. The standard InChI is InChI=1S/C17H24ClN3O4/c1-12(16(23)25-3)11-21(9-5-8-19-13(2)22)17(24)20-15-7-4-6-14(18)10-15/h4,6-7,10,12H,5,8-9,11H2,1-3H3,(H,19,22)(H,20,24). The smallest absolute Gasteiger partial charge is 0.321 e. The third-order valence-electron chi connectivity index (χ3n) is 3.44. The van der Waals surface area contributed by atoms with Gasteiger partial charge in [0.2, 0.25) is 5.91 Å². The van der Waals surface area contributed by atoms with Crippen LogP contribution in [0.1, 0.15) is 20.3 Å². The van der Waals surface area contributed by atoms with Gasteiger partial charge in [-0.25, -0.2) is 4.79 Å². The fourth-order valence-corrected chi connectivity index (χ4v) is 2.38. The number of nitrogens with one attached hydrogen (secondary N) is 2. The largest absolute Gasteiger partial charge is 0.469 e. The van der Waals surface area contributed by atoms with Crippen molar-refractivity contribution in [3.63, 3.8) is 0 Å². The fourth-order valence-electron chi connectivity index (χ4n) is 2.19. The van der Waals surface area contributed by atoms with Gasteiger partial charge in [0.25, 0.3) is 0 Å². The van der Waals surface area contributed by atoms with Gasteiger partial charge in [-0.15, -0.1) is 0 Å². The highest BCUT2D eigenvalue weighted by Crippen LogP contribution is 2.16. The summed E-state index contributed by atoms with van der Waals surface area (Å²) >= 11 is 5.92. The first kappa shape index (κ1) is 20.8. The number of nitrogens with zero attached hydrogens (tertiary/aromatic N) is 1. The van der Waals surface area contributed by atoms with Crippen LogP contribution < -0.4 is 10.6 Å². The van der Waals surface area contributed by atoms with E-state index >= 15 is 0 Å². The normalized spacial score (nSPS) is 11.4. The average molecular weight is 370 g/mol. The van der Waals surface area contributed by atoms with Gasteiger partial charge in [0.05, 0.1) is 13.0 Å². The molecule has 0 radical (unpaired) electrons. The summed E-state index contributed by atoms with van der Waals surface area (Å²) in [5, 5.41) is 5.95. The fraction of sp³-hybridized carbons (Fsp3) is 0.471. The lowest BCUT2D eigenvalue weighted by atomic mass is 10.1. The van der Waals surface area contributed by atoms with Gasteiger partial charge in [0.1, 0.15) is 0 Å². The van der Waals surface area contributed by atoms with Gasteiger partial charge in [0.15, 0.2) is 0 Å². The van der Waals surface area contributed by atoms with E-state index in [0.29, 0.717) is 30.2 Å². The maximum absolute atomic E-state index is 12.5. The van der Waals surface area contributed by atoms with Crippen LogP contribution >= 0.6 is 11.6 Å². The molecule has 1 unspecified atom stereocenters. The van der Waals surface area contributed by atoms with Gasteiger partial charge in [0, 0.05) is 37.3 Å². The van der Waals surface area contributed by atoms with E-state index in [9.17, 15) is 14.4 Å². The van der Waals surface area contributed by atoms with Crippen molar-refractivity contribution >= 4 is 35.2 Å². The number of methoxy groups -OCH3 is 1. The van der Waals surface area contributed by atoms with Crippen LogP contribution in [0.15, 0.2) is 24.3 Å². The lowest BCUT2D eigenvalue weighted by molar-refractivity contribution is -0.145. The quantitative estimate of drug-likeness (QED) is 0.544. The Hall–Kier alpha value is -2.28. The Morgan fingerprint density at radius 3 is 2.64 bits per heavy atom. The zero-order valence-electron chi connectivity index (χ0n) is 14.7. The SMILES string of the molecule is COC(=O)C(C)CN(CCCNC(C)=O)C(=O)Nc1cccc(Cl)c1. The minimum atomic E-state index is -0.462. The van der Waals surface area contributed by atoms with Gasteiger partial charge in [-0.3, -0.25) is 9.59 Å². The Morgan fingerprint density at radius 1 is 1.32 bits per heavy atom. The zero-order chi connectivity index (χ0) is 18.8. The number of halogens is 1. The van der Waals surface area contributed by atoms with E-state index in [-0.39, 0.29) is 24.5 Å². The second-order valence-electron chi connectivity index (χ2n) is 5.65. The number of rotatable bonds is 8. The molecular formula is C17H24ClN3O4. The molecule has 1 atom stereocenters. The molecule has 0 saturated heterocycles. The van der Waals surface area contributed by atoms with Crippen LogP contribution in [0.2, 0.25) is 5.02 Å². The highest BCUT2D eigenvalue weighted by atomic mass is 35.5. The summed E-state index contributed by atoms with van der Waals surface area (Å²) in [6.07, 6.45) is 0.566. The predicted molar refractivity (Wildman–Crippen MR) is 96.5 cm³/mol. The maximum Gasteiger partial charge on any atom is 0.321 e. The van der Waals surface area contributed by atoms with Gasteiger partial charge < -0.3 is 20.3 Å². The number of carbonyl (C=O) groups excluding carboxylic acids is 3. The number of esters is 1. The Labute approximate surface area is 152 Å². The van der Waals surface area contributed by atoms with E-state index in [1.54, 1.807) is 31.2 Å². The van der Waals surface area contributed by atoms with Gasteiger partial charge in [-0.05, 0) is 24.6 Å². The van der Waals surface area contributed by atoms with Crippen LogP contribution in [-0.2, 0) is 14.3 Å². The molecule has 1 rings (SSSR count). The summed E-state index contributed by atoms with van der Waals surface area (Å²) in [4.78, 5) is 36.6. The first-order valence-corrected chi connectivity index (χ1v) is 8.35. The van der Waals surface area contributed by atoms with Crippen molar-refractivity contribution in [1.29, 1.82) is 0 Å². The van der Waals surface area contributed by atoms with E-state index in [2.05, 4.69) is 10.6 Å². The summed E-state index contributed by atoms with van der Waals surface area (Å²) < 4.78 is 4.71.